The summed E-state index contributed by atoms with van der Waals surface area (Å²) in [6.45, 7) is 2.56. The van der Waals surface area contributed by atoms with Crippen LogP contribution >= 0.6 is 0 Å². The molecule has 164 valence electrons. The average Bonchev–Trinajstić information content (AvgIpc) is 3.59. The fourth-order valence-electron chi connectivity index (χ4n) is 2.34. The molecule has 2 aliphatic carbocycles. The molecule has 12 heteroatoms. The van der Waals surface area contributed by atoms with E-state index in [0.29, 0.717) is 17.8 Å². The van der Waals surface area contributed by atoms with Crippen LogP contribution in [-0.2, 0) is 13.2 Å². The van der Waals surface area contributed by atoms with E-state index >= 15 is 0 Å². The number of alkyl halides is 5. The van der Waals surface area contributed by atoms with Gasteiger partial charge in [0.2, 0.25) is 5.95 Å². The van der Waals surface area contributed by atoms with Crippen LogP contribution in [0.3, 0.4) is 0 Å². The van der Waals surface area contributed by atoms with Crippen LogP contribution in [0.25, 0.3) is 0 Å². The summed E-state index contributed by atoms with van der Waals surface area (Å²) in [7, 11) is 1.72. The first-order chi connectivity index (χ1) is 14.2. The standard InChI is InChI=1S/C14H15F5N6.C3H6.CHN/c1-25-6-9(11(24-25)7-2-3-7)22-13-21-4-8(14(17,18)19)12(23-13)20-5-10(15)16;1-2-3-1;1-2/h4,6-7,10H,2-3,5H2,1H3,(H2,20,21,22,23);1-3H2;1H. The van der Waals surface area contributed by atoms with Crippen molar-refractivity contribution in [2.75, 3.05) is 17.2 Å². The molecule has 2 aliphatic rings. The number of hydrogen-bond donors (Lipinski definition) is 2. The van der Waals surface area contributed by atoms with Gasteiger partial charge in [0.1, 0.15) is 11.4 Å². The monoisotopic (exact) mass is 431 g/mol. The smallest absolute Gasteiger partial charge is 0.364 e. The first-order valence-electron chi connectivity index (χ1n) is 9.26. The Balaban J connectivity index is 0.000000573. The van der Waals surface area contributed by atoms with Crippen LogP contribution in [0.1, 0.15) is 49.3 Å². The number of rotatable bonds is 6. The highest BCUT2D eigenvalue weighted by Gasteiger charge is 2.35. The Labute approximate surface area is 170 Å². The first kappa shape index (κ1) is 23.3. The Hall–Kier alpha value is -2.97. The van der Waals surface area contributed by atoms with E-state index < -0.39 is 30.5 Å². The number of halogens is 5. The molecule has 2 saturated carbocycles. The van der Waals surface area contributed by atoms with E-state index in [1.807, 2.05) is 5.32 Å². The normalized spacial score (nSPS) is 14.8. The van der Waals surface area contributed by atoms with Crippen LogP contribution in [0.4, 0.5) is 39.4 Å². The fourth-order valence-corrected chi connectivity index (χ4v) is 2.34. The highest BCUT2D eigenvalue weighted by Crippen LogP contribution is 2.43. The molecular formula is C18H22F5N7. The van der Waals surface area contributed by atoms with Crippen LogP contribution in [0, 0.1) is 11.8 Å². The largest absolute Gasteiger partial charge is 0.421 e. The summed E-state index contributed by atoms with van der Waals surface area (Å²) < 4.78 is 65.2. The molecule has 0 spiro atoms. The Kier molecular flexibility index (Phi) is 7.91. The Morgan fingerprint density at radius 1 is 1.23 bits per heavy atom. The van der Waals surface area contributed by atoms with Gasteiger partial charge in [-0.05, 0) is 12.8 Å². The van der Waals surface area contributed by atoms with E-state index in [2.05, 4.69) is 27.0 Å². The lowest BCUT2D eigenvalue weighted by Gasteiger charge is -2.14. The summed E-state index contributed by atoms with van der Waals surface area (Å²) in [5.41, 5.74) is 0.171. The van der Waals surface area contributed by atoms with Crippen molar-refractivity contribution in [3.8, 4) is 6.57 Å². The molecule has 2 fully saturated rings. The third-order valence-corrected chi connectivity index (χ3v) is 3.94. The van der Waals surface area contributed by atoms with Crippen molar-refractivity contribution in [1.82, 2.24) is 19.7 Å². The maximum atomic E-state index is 13.0. The molecule has 0 amide bonds. The lowest BCUT2D eigenvalue weighted by atomic mass is 10.2. The molecule has 2 aromatic rings. The second-order valence-corrected chi connectivity index (χ2v) is 6.79. The summed E-state index contributed by atoms with van der Waals surface area (Å²) in [4.78, 5) is 7.36. The van der Waals surface area contributed by atoms with Gasteiger partial charge in [-0.25, -0.2) is 19.0 Å². The molecule has 4 rings (SSSR count). The molecule has 0 saturated heterocycles. The minimum absolute atomic E-state index is 0.125. The molecule has 30 heavy (non-hydrogen) atoms. The number of aryl methyl sites for hydroxylation is 1. The van der Waals surface area contributed by atoms with E-state index in [4.69, 9.17) is 5.26 Å². The molecule has 2 N–H and O–H groups in total. The predicted molar refractivity (Wildman–Crippen MR) is 101 cm³/mol. The van der Waals surface area contributed by atoms with Crippen molar-refractivity contribution in [2.24, 2.45) is 7.05 Å². The molecule has 0 aromatic carbocycles. The number of anilines is 3. The van der Waals surface area contributed by atoms with Crippen molar-refractivity contribution in [2.45, 2.75) is 50.6 Å². The molecule has 0 atom stereocenters. The summed E-state index contributed by atoms with van der Waals surface area (Å²) in [6, 6.07) is 0. The van der Waals surface area contributed by atoms with Gasteiger partial charge in [0, 0.05) is 31.9 Å². The van der Waals surface area contributed by atoms with Gasteiger partial charge < -0.3 is 10.6 Å². The Morgan fingerprint density at radius 3 is 2.37 bits per heavy atom. The first-order valence-corrected chi connectivity index (χ1v) is 9.26. The predicted octanol–water partition coefficient (Wildman–Crippen LogP) is 4.84. The molecule has 2 aromatic heterocycles. The molecular weight excluding hydrogens is 409 g/mol. The second-order valence-electron chi connectivity index (χ2n) is 6.79. The van der Waals surface area contributed by atoms with E-state index in [1.165, 1.54) is 19.3 Å². The summed E-state index contributed by atoms with van der Waals surface area (Å²) >= 11 is 0. The number of aromatic nitrogens is 4. The zero-order chi connectivity index (χ0) is 22.3. The molecule has 0 aliphatic heterocycles. The van der Waals surface area contributed by atoms with Gasteiger partial charge in [0.15, 0.2) is 0 Å². The topological polar surface area (TPSA) is 91.5 Å². The summed E-state index contributed by atoms with van der Waals surface area (Å²) in [5, 5.41) is 15.7. The van der Waals surface area contributed by atoms with Crippen molar-refractivity contribution in [1.29, 1.82) is 5.26 Å². The van der Waals surface area contributed by atoms with Gasteiger partial charge in [-0.2, -0.15) is 23.3 Å². The van der Waals surface area contributed by atoms with Crippen LogP contribution < -0.4 is 10.6 Å². The highest BCUT2D eigenvalue weighted by atomic mass is 19.4. The zero-order valence-corrected chi connectivity index (χ0v) is 16.3. The number of hydrogen-bond acceptors (Lipinski definition) is 6. The molecule has 2 heterocycles. The van der Waals surface area contributed by atoms with Gasteiger partial charge in [0.25, 0.3) is 6.43 Å². The van der Waals surface area contributed by atoms with E-state index in [0.717, 1.165) is 18.5 Å². The summed E-state index contributed by atoms with van der Waals surface area (Å²) in [6.07, 6.45) is 1.14. The van der Waals surface area contributed by atoms with Gasteiger partial charge in [-0.1, -0.05) is 19.3 Å². The van der Waals surface area contributed by atoms with Gasteiger partial charge in [-0.3, -0.25) is 4.68 Å². The maximum absolute atomic E-state index is 13.0. The third kappa shape index (κ3) is 7.13. The highest BCUT2D eigenvalue weighted by molar-refractivity contribution is 5.59. The van der Waals surface area contributed by atoms with E-state index in [-0.39, 0.29) is 5.95 Å². The number of nitrogens with zero attached hydrogens (tertiary/aromatic N) is 5. The van der Waals surface area contributed by atoms with Crippen molar-refractivity contribution >= 4 is 17.5 Å². The molecule has 0 radical (unpaired) electrons. The van der Waals surface area contributed by atoms with Crippen LogP contribution in [-0.4, -0.2) is 32.7 Å². The van der Waals surface area contributed by atoms with E-state index in [1.54, 1.807) is 17.9 Å². The second kappa shape index (κ2) is 10.2. The van der Waals surface area contributed by atoms with Gasteiger partial charge in [-0.15, -0.1) is 0 Å². The fraction of sp³-hybridized carbons (Fsp3) is 0.556. The van der Waals surface area contributed by atoms with Crippen LogP contribution in [0.15, 0.2) is 12.4 Å². The van der Waals surface area contributed by atoms with Crippen molar-refractivity contribution < 1.29 is 22.0 Å². The Morgan fingerprint density at radius 2 is 1.87 bits per heavy atom. The number of nitriles is 1. The third-order valence-electron chi connectivity index (χ3n) is 3.94. The molecule has 0 unspecified atom stereocenters. The van der Waals surface area contributed by atoms with Crippen LogP contribution in [0.2, 0.25) is 0 Å². The quantitative estimate of drug-likeness (QED) is 0.636. The van der Waals surface area contributed by atoms with Crippen molar-refractivity contribution in [3.05, 3.63) is 23.7 Å². The van der Waals surface area contributed by atoms with Gasteiger partial charge in [0.05, 0.1) is 17.9 Å². The van der Waals surface area contributed by atoms with Crippen LogP contribution in [0.5, 0.6) is 0 Å². The zero-order valence-electron chi connectivity index (χ0n) is 16.3. The summed E-state index contributed by atoms with van der Waals surface area (Å²) in [5.74, 6) is -0.517. The lowest BCUT2D eigenvalue weighted by Crippen LogP contribution is -2.18. The molecule has 7 nitrogen and oxygen atoms in total. The van der Waals surface area contributed by atoms with Crippen molar-refractivity contribution in [3.63, 3.8) is 0 Å². The molecule has 0 bridgehead atoms. The van der Waals surface area contributed by atoms with E-state index in [9.17, 15) is 22.0 Å². The number of nitrogens with one attached hydrogen (secondary N) is 2. The average molecular weight is 431 g/mol. The minimum Gasteiger partial charge on any atom is -0.364 e. The Bertz CT molecular complexity index is 838. The SMILES string of the molecule is C#N.C1CC1.Cn1cc(Nc2ncc(C(F)(F)F)c(NCC(F)F)n2)c(C2CC2)n1. The van der Waals surface area contributed by atoms with Gasteiger partial charge >= 0.3 is 6.18 Å². The minimum atomic E-state index is -4.75. The maximum Gasteiger partial charge on any atom is 0.421 e. The lowest BCUT2D eigenvalue weighted by molar-refractivity contribution is -0.137.